The monoisotopic (exact) mass is 251 g/mol. The lowest BCUT2D eigenvalue weighted by molar-refractivity contribution is 0.570. The number of hydrogen-bond acceptors (Lipinski definition) is 4. The highest BCUT2D eigenvalue weighted by Gasteiger charge is 2.15. The first kappa shape index (κ1) is 12.6. The average Bonchev–Trinajstić information content (AvgIpc) is 2.78. The molecule has 0 amide bonds. The van der Waals surface area contributed by atoms with Crippen molar-refractivity contribution in [1.82, 2.24) is 19.1 Å². The van der Waals surface area contributed by atoms with Crippen molar-refractivity contribution in [1.29, 1.82) is 0 Å². The molecule has 18 heavy (non-hydrogen) atoms. The van der Waals surface area contributed by atoms with E-state index in [9.17, 15) is 9.59 Å². The molecule has 0 bridgehead atoms. The summed E-state index contributed by atoms with van der Waals surface area (Å²) in [6.45, 7) is 4.79. The van der Waals surface area contributed by atoms with Gasteiger partial charge in [-0.3, -0.25) is 14.3 Å². The van der Waals surface area contributed by atoms with E-state index in [4.69, 9.17) is 5.73 Å². The van der Waals surface area contributed by atoms with Gasteiger partial charge in [0.05, 0.1) is 6.33 Å². The number of nitrogens with two attached hydrogens (primary N) is 1. The van der Waals surface area contributed by atoms with Crippen LogP contribution in [-0.2, 0) is 6.54 Å². The molecular weight excluding hydrogens is 234 g/mol. The van der Waals surface area contributed by atoms with Crippen LogP contribution < -0.4 is 17.0 Å². The molecular formula is C11H17N5O2. The Kier molecular flexibility index (Phi) is 3.33. The highest BCUT2D eigenvalue weighted by atomic mass is 16.2. The quantitative estimate of drug-likeness (QED) is 0.787. The number of H-pyrrole nitrogens is 1. The summed E-state index contributed by atoms with van der Waals surface area (Å²) in [5.74, 6) is 0. The fourth-order valence-electron chi connectivity index (χ4n) is 1.97. The van der Waals surface area contributed by atoms with Crippen LogP contribution in [0.25, 0.3) is 11.2 Å². The molecule has 2 aromatic rings. The molecule has 2 rings (SSSR count). The van der Waals surface area contributed by atoms with E-state index >= 15 is 0 Å². The fourth-order valence-corrected chi connectivity index (χ4v) is 1.97. The van der Waals surface area contributed by atoms with Gasteiger partial charge in [-0.05, 0) is 13.3 Å². The summed E-state index contributed by atoms with van der Waals surface area (Å²) in [5, 5.41) is 0. The number of nitrogens with one attached hydrogen (secondary N) is 1. The summed E-state index contributed by atoms with van der Waals surface area (Å²) < 4.78 is 3.19. The summed E-state index contributed by atoms with van der Waals surface area (Å²) in [6.07, 6.45) is 2.35. The Hall–Kier alpha value is -1.89. The Bertz CT molecular complexity index is 666. The van der Waals surface area contributed by atoms with E-state index in [0.717, 1.165) is 6.42 Å². The van der Waals surface area contributed by atoms with E-state index in [1.807, 2.05) is 13.8 Å². The average molecular weight is 251 g/mol. The highest BCUT2D eigenvalue weighted by molar-refractivity contribution is 5.70. The van der Waals surface area contributed by atoms with Gasteiger partial charge in [0.25, 0.3) is 5.56 Å². The summed E-state index contributed by atoms with van der Waals surface area (Å²) in [4.78, 5) is 30.1. The predicted molar refractivity (Wildman–Crippen MR) is 68.7 cm³/mol. The van der Waals surface area contributed by atoms with Crippen LogP contribution in [0, 0.1) is 0 Å². The normalized spacial score (nSPS) is 13.1. The first-order chi connectivity index (χ1) is 8.60. The van der Waals surface area contributed by atoms with E-state index < -0.39 is 11.2 Å². The van der Waals surface area contributed by atoms with Gasteiger partial charge in [-0.2, -0.15) is 0 Å². The molecule has 2 aromatic heterocycles. The zero-order valence-electron chi connectivity index (χ0n) is 10.5. The molecule has 1 unspecified atom stereocenters. The van der Waals surface area contributed by atoms with Crippen molar-refractivity contribution >= 4 is 11.2 Å². The van der Waals surface area contributed by atoms with Crippen molar-refractivity contribution in [3.05, 3.63) is 27.2 Å². The summed E-state index contributed by atoms with van der Waals surface area (Å²) in [7, 11) is 0. The molecule has 7 nitrogen and oxygen atoms in total. The Labute approximate surface area is 103 Å². The van der Waals surface area contributed by atoms with Crippen molar-refractivity contribution in [3.8, 4) is 0 Å². The molecule has 0 aliphatic rings. The third-order valence-electron chi connectivity index (χ3n) is 2.97. The van der Waals surface area contributed by atoms with Crippen molar-refractivity contribution in [2.24, 2.45) is 5.73 Å². The van der Waals surface area contributed by atoms with Gasteiger partial charge in [0.2, 0.25) is 0 Å². The minimum Gasteiger partial charge on any atom is -0.328 e. The van der Waals surface area contributed by atoms with Gasteiger partial charge in [-0.15, -0.1) is 0 Å². The molecule has 0 radical (unpaired) electrons. The van der Waals surface area contributed by atoms with E-state index in [2.05, 4.69) is 9.97 Å². The van der Waals surface area contributed by atoms with E-state index in [0.29, 0.717) is 24.3 Å². The van der Waals surface area contributed by atoms with E-state index in [1.165, 1.54) is 4.57 Å². The largest absolute Gasteiger partial charge is 0.330 e. The second-order valence-corrected chi connectivity index (χ2v) is 4.32. The third-order valence-corrected chi connectivity index (χ3v) is 2.97. The van der Waals surface area contributed by atoms with Crippen molar-refractivity contribution in [3.63, 3.8) is 0 Å². The maximum absolute atomic E-state index is 11.9. The number of imidazole rings is 1. The second-order valence-electron chi connectivity index (χ2n) is 4.32. The smallest absolute Gasteiger partial charge is 0.328 e. The summed E-state index contributed by atoms with van der Waals surface area (Å²) in [6, 6.07) is -0.0383. The Morgan fingerprint density at radius 3 is 2.83 bits per heavy atom. The SMILES string of the molecule is CCCn1c(=O)[nH]c(=O)c2c1ncn2C(C)CN. The minimum absolute atomic E-state index is 0.0383. The highest BCUT2D eigenvalue weighted by Crippen LogP contribution is 2.12. The maximum Gasteiger partial charge on any atom is 0.330 e. The molecule has 3 N–H and O–H groups in total. The van der Waals surface area contributed by atoms with Crippen molar-refractivity contribution in [2.75, 3.05) is 6.54 Å². The van der Waals surface area contributed by atoms with Gasteiger partial charge in [0, 0.05) is 19.1 Å². The number of fused-ring (bicyclic) bond motifs is 1. The Morgan fingerprint density at radius 1 is 1.50 bits per heavy atom. The molecule has 98 valence electrons. The summed E-state index contributed by atoms with van der Waals surface area (Å²) >= 11 is 0. The number of hydrogen-bond donors (Lipinski definition) is 2. The van der Waals surface area contributed by atoms with Gasteiger partial charge in [0.15, 0.2) is 11.2 Å². The van der Waals surface area contributed by atoms with Gasteiger partial charge in [0.1, 0.15) is 0 Å². The first-order valence-electron chi connectivity index (χ1n) is 5.99. The standard InChI is InChI=1S/C11H17N5O2/c1-3-4-15-9-8(10(17)14-11(15)18)16(6-13-9)7(2)5-12/h6-7H,3-5,12H2,1-2H3,(H,14,17,18). The number of nitrogens with zero attached hydrogens (tertiary/aromatic N) is 3. The van der Waals surface area contributed by atoms with Gasteiger partial charge < -0.3 is 10.3 Å². The molecule has 0 saturated carbocycles. The zero-order chi connectivity index (χ0) is 13.3. The molecule has 0 aliphatic heterocycles. The van der Waals surface area contributed by atoms with Crippen LogP contribution in [0.1, 0.15) is 26.3 Å². The van der Waals surface area contributed by atoms with Crippen LogP contribution in [0.3, 0.4) is 0 Å². The first-order valence-corrected chi connectivity index (χ1v) is 5.99. The fraction of sp³-hybridized carbons (Fsp3) is 0.545. The van der Waals surface area contributed by atoms with Crippen molar-refractivity contribution < 1.29 is 0 Å². The number of aromatic amines is 1. The van der Waals surface area contributed by atoms with Gasteiger partial charge >= 0.3 is 5.69 Å². The lowest BCUT2D eigenvalue weighted by Gasteiger charge is -2.11. The maximum atomic E-state index is 11.9. The number of rotatable bonds is 4. The van der Waals surface area contributed by atoms with Gasteiger partial charge in [-0.1, -0.05) is 6.92 Å². The van der Waals surface area contributed by atoms with E-state index in [1.54, 1.807) is 10.9 Å². The van der Waals surface area contributed by atoms with Crippen LogP contribution in [0.5, 0.6) is 0 Å². The van der Waals surface area contributed by atoms with Crippen LogP contribution in [-0.4, -0.2) is 25.6 Å². The number of aryl methyl sites for hydroxylation is 1. The van der Waals surface area contributed by atoms with E-state index in [-0.39, 0.29) is 6.04 Å². The minimum atomic E-state index is -0.417. The molecule has 0 spiro atoms. The van der Waals surface area contributed by atoms with Gasteiger partial charge in [-0.25, -0.2) is 9.78 Å². The molecule has 1 atom stereocenters. The van der Waals surface area contributed by atoms with Crippen LogP contribution in [0.2, 0.25) is 0 Å². The molecule has 0 saturated heterocycles. The third kappa shape index (κ3) is 1.86. The molecule has 0 fully saturated rings. The summed E-state index contributed by atoms with van der Waals surface area (Å²) in [5.41, 5.74) is 5.59. The molecule has 2 heterocycles. The van der Waals surface area contributed by atoms with Crippen molar-refractivity contribution in [2.45, 2.75) is 32.9 Å². The zero-order valence-corrected chi connectivity index (χ0v) is 10.5. The molecule has 7 heteroatoms. The lowest BCUT2D eigenvalue weighted by Crippen LogP contribution is -2.31. The van der Waals surface area contributed by atoms with Crippen LogP contribution >= 0.6 is 0 Å². The second kappa shape index (κ2) is 4.77. The Morgan fingerprint density at radius 2 is 2.22 bits per heavy atom. The predicted octanol–water partition coefficient (Wildman–Crippen LogP) is -0.184. The number of aromatic nitrogens is 4. The Balaban J connectivity index is 2.79. The topological polar surface area (TPSA) is 98.7 Å². The lowest BCUT2D eigenvalue weighted by atomic mass is 10.3. The van der Waals surface area contributed by atoms with Crippen LogP contribution in [0.4, 0.5) is 0 Å². The molecule has 0 aliphatic carbocycles. The molecule has 0 aromatic carbocycles. The van der Waals surface area contributed by atoms with Crippen LogP contribution in [0.15, 0.2) is 15.9 Å².